The molecule has 2 nitrogen and oxygen atoms in total. The summed E-state index contributed by atoms with van der Waals surface area (Å²) in [6.07, 6.45) is 4.62. The summed E-state index contributed by atoms with van der Waals surface area (Å²) < 4.78 is 0. The Kier molecular flexibility index (Phi) is 4.51. The summed E-state index contributed by atoms with van der Waals surface area (Å²) in [5, 5.41) is 0.939. The third kappa shape index (κ3) is 2.68. The quantitative estimate of drug-likeness (QED) is 0.626. The molecule has 0 radical (unpaired) electrons. The minimum absolute atomic E-state index is 0.261. The molecule has 1 aromatic carbocycles. The maximum atomic E-state index is 12.0. The van der Waals surface area contributed by atoms with Crippen LogP contribution in [-0.4, -0.2) is 24.0 Å². The minimum Gasteiger partial charge on any atom is -0.312 e. The van der Waals surface area contributed by atoms with Crippen molar-refractivity contribution in [2.24, 2.45) is 0 Å². The van der Waals surface area contributed by atoms with E-state index in [9.17, 15) is 4.79 Å². The van der Waals surface area contributed by atoms with Crippen LogP contribution in [0.15, 0.2) is 23.1 Å². The SMILES string of the molecule is CSc1cccc2c1CCC(=O)N2CCCBr. The van der Waals surface area contributed by atoms with Gasteiger partial charge in [0.05, 0.1) is 0 Å². The molecule has 0 saturated heterocycles. The number of rotatable bonds is 4. The Morgan fingerprint density at radius 1 is 1.41 bits per heavy atom. The molecule has 1 aromatic rings. The molecule has 1 aliphatic rings. The van der Waals surface area contributed by atoms with Crippen LogP contribution in [0, 0.1) is 0 Å². The summed E-state index contributed by atoms with van der Waals surface area (Å²) in [7, 11) is 0. The first-order chi connectivity index (χ1) is 8.27. The van der Waals surface area contributed by atoms with Gasteiger partial charge in [0.25, 0.3) is 0 Å². The van der Waals surface area contributed by atoms with Crippen molar-refractivity contribution < 1.29 is 4.79 Å². The number of hydrogen-bond donors (Lipinski definition) is 0. The molecule has 0 unspecified atom stereocenters. The first kappa shape index (κ1) is 13.0. The van der Waals surface area contributed by atoms with Crippen LogP contribution in [0.5, 0.6) is 0 Å². The molecule has 0 bridgehead atoms. The molecule has 17 heavy (non-hydrogen) atoms. The Balaban J connectivity index is 2.34. The van der Waals surface area contributed by atoms with E-state index in [4.69, 9.17) is 0 Å². The molecule has 0 fully saturated rings. The zero-order valence-electron chi connectivity index (χ0n) is 9.91. The van der Waals surface area contributed by atoms with Gasteiger partial charge in [-0.15, -0.1) is 11.8 Å². The first-order valence-electron chi connectivity index (χ1n) is 5.80. The molecular formula is C13H16BrNOS. The number of amides is 1. The van der Waals surface area contributed by atoms with E-state index in [1.165, 1.54) is 10.5 Å². The molecule has 0 spiro atoms. The Morgan fingerprint density at radius 2 is 2.24 bits per heavy atom. The third-order valence-electron chi connectivity index (χ3n) is 3.02. The van der Waals surface area contributed by atoms with Gasteiger partial charge >= 0.3 is 0 Å². The van der Waals surface area contributed by atoms with E-state index in [1.807, 2.05) is 11.0 Å². The van der Waals surface area contributed by atoms with Crippen molar-refractivity contribution in [1.82, 2.24) is 0 Å². The predicted octanol–water partition coefficient (Wildman–Crippen LogP) is 3.47. The molecule has 1 amide bonds. The van der Waals surface area contributed by atoms with Crippen LogP contribution in [0.3, 0.4) is 0 Å². The van der Waals surface area contributed by atoms with Gasteiger partial charge in [0.1, 0.15) is 0 Å². The Bertz CT molecular complexity index is 422. The summed E-state index contributed by atoms with van der Waals surface area (Å²) in [5.41, 5.74) is 2.46. The highest BCUT2D eigenvalue weighted by Gasteiger charge is 2.24. The van der Waals surface area contributed by atoms with E-state index in [0.717, 1.165) is 30.4 Å². The molecule has 1 aliphatic heterocycles. The topological polar surface area (TPSA) is 20.3 Å². The van der Waals surface area contributed by atoms with E-state index in [1.54, 1.807) is 11.8 Å². The number of nitrogens with zero attached hydrogens (tertiary/aromatic N) is 1. The van der Waals surface area contributed by atoms with Crippen LogP contribution in [0.1, 0.15) is 18.4 Å². The standard InChI is InChI=1S/C13H16BrNOS/c1-17-12-5-2-4-11-10(12)6-7-13(16)15(11)9-3-8-14/h2,4-5H,3,6-9H2,1H3. The number of thioether (sulfide) groups is 1. The Labute approximate surface area is 115 Å². The second-order valence-electron chi connectivity index (χ2n) is 4.05. The van der Waals surface area contributed by atoms with Crippen molar-refractivity contribution >= 4 is 39.3 Å². The summed E-state index contributed by atoms with van der Waals surface area (Å²) >= 11 is 5.19. The number of benzene rings is 1. The van der Waals surface area contributed by atoms with Crippen LogP contribution in [0.25, 0.3) is 0 Å². The summed E-state index contributed by atoms with van der Waals surface area (Å²) in [5.74, 6) is 0.261. The summed E-state index contributed by atoms with van der Waals surface area (Å²) in [4.78, 5) is 15.2. The Hall–Kier alpha value is -0.480. The zero-order chi connectivity index (χ0) is 12.3. The summed E-state index contributed by atoms with van der Waals surface area (Å²) in [6, 6.07) is 6.26. The van der Waals surface area contributed by atoms with E-state index in [-0.39, 0.29) is 5.91 Å². The number of alkyl halides is 1. The van der Waals surface area contributed by atoms with Crippen LogP contribution < -0.4 is 4.90 Å². The van der Waals surface area contributed by atoms with Crippen LogP contribution in [0.2, 0.25) is 0 Å². The van der Waals surface area contributed by atoms with Gasteiger partial charge in [-0.25, -0.2) is 0 Å². The first-order valence-corrected chi connectivity index (χ1v) is 8.14. The number of fused-ring (bicyclic) bond motifs is 1. The lowest BCUT2D eigenvalue weighted by atomic mass is 10.0. The van der Waals surface area contributed by atoms with Gasteiger partial charge in [-0.1, -0.05) is 22.0 Å². The molecule has 0 saturated carbocycles. The van der Waals surface area contributed by atoms with Crippen molar-refractivity contribution in [2.75, 3.05) is 23.0 Å². The maximum Gasteiger partial charge on any atom is 0.227 e. The molecule has 0 N–H and O–H groups in total. The van der Waals surface area contributed by atoms with E-state index < -0.39 is 0 Å². The number of carbonyl (C=O) groups excluding carboxylic acids is 1. The third-order valence-corrected chi connectivity index (χ3v) is 4.41. The molecule has 0 aliphatic carbocycles. The number of hydrogen-bond acceptors (Lipinski definition) is 2. The lowest BCUT2D eigenvalue weighted by Crippen LogP contribution is -2.36. The second-order valence-corrected chi connectivity index (χ2v) is 5.69. The number of halogens is 1. The van der Waals surface area contributed by atoms with Crippen molar-refractivity contribution in [3.8, 4) is 0 Å². The number of carbonyl (C=O) groups is 1. The molecular weight excluding hydrogens is 298 g/mol. The lowest BCUT2D eigenvalue weighted by Gasteiger charge is -2.30. The predicted molar refractivity (Wildman–Crippen MR) is 77.3 cm³/mol. The fourth-order valence-corrected chi connectivity index (χ4v) is 3.13. The van der Waals surface area contributed by atoms with Gasteiger partial charge in [-0.2, -0.15) is 0 Å². The van der Waals surface area contributed by atoms with E-state index in [0.29, 0.717) is 6.42 Å². The zero-order valence-corrected chi connectivity index (χ0v) is 12.3. The molecule has 2 rings (SSSR count). The van der Waals surface area contributed by atoms with Crippen LogP contribution in [-0.2, 0) is 11.2 Å². The summed E-state index contributed by atoms with van der Waals surface area (Å²) in [6.45, 7) is 0.814. The molecule has 0 aromatic heterocycles. The molecule has 4 heteroatoms. The van der Waals surface area contributed by atoms with E-state index >= 15 is 0 Å². The second kappa shape index (κ2) is 5.91. The molecule has 92 valence electrons. The largest absolute Gasteiger partial charge is 0.312 e. The van der Waals surface area contributed by atoms with Crippen LogP contribution >= 0.6 is 27.7 Å². The molecule has 1 heterocycles. The van der Waals surface area contributed by atoms with Gasteiger partial charge in [0, 0.05) is 28.9 Å². The monoisotopic (exact) mass is 313 g/mol. The van der Waals surface area contributed by atoms with Gasteiger partial charge < -0.3 is 4.90 Å². The van der Waals surface area contributed by atoms with Crippen molar-refractivity contribution in [2.45, 2.75) is 24.2 Å². The maximum absolute atomic E-state index is 12.0. The average Bonchev–Trinajstić information content (AvgIpc) is 2.36. The number of anilines is 1. The van der Waals surface area contributed by atoms with Crippen LogP contribution in [0.4, 0.5) is 5.69 Å². The highest BCUT2D eigenvalue weighted by molar-refractivity contribution is 9.09. The average molecular weight is 314 g/mol. The van der Waals surface area contributed by atoms with Gasteiger partial charge in [-0.3, -0.25) is 4.79 Å². The minimum atomic E-state index is 0.261. The van der Waals surface area contributed by atoms with E-state index in [2.05, 4.69) is 34.3 Å². The lowest BCUT2D eigenvalue weighted by molar-refractivity contribution is -0.118. The fraction of sp³-hybridized carbons (Fsp3) is 0.462. The molecule has 0 atom stereocenters. The fourth-order valence-electron chi connectivity index (χ4n) is 2.21. The highest BCUT2D eigenvalue weighted by Crippen LogP contribution is 2.34. The Morgan fingerprint density at radius 3 is 2.94 bits per heavy atom. The van der Waals surface area contributed by atoms with Gasteiger partial charge in [0.15, 0.2) is 0 Å². The highest BCUT2D eigenvalue weighted by atomic mass is 79.9. The van der Waals surface area contributed by atoms with Crippen molar-refractivity contribution in [3.63, 3.8) is 0 Å². The van der Waals surface area contributed by atoms with Gasteiger partial charge in [-0.05, 0) is 36.8 Å². The van der Waals surface area contributed by atoms with Gasteiger partial charge in [0.2, 0.25) is 5.91 Å². The van der Waals surface area contributed by atoms with Crippen molar-refractivity contribution in [3.05, 3.63) is 23.8 Å². The normalized spacial score (nSPS) is 14.9. The van der Waals surface area contributed by atoms with Crippen molar-refractivity contribution in [1.29, 1.82) is 0 Å². The smallest absolute Gasteiger partial charge is 0.227 e.